The second-order valence-corrected chi connectivity index (χ2v) is 9.88. The Morgan fingerprint density at radius 3 is 2.39 bits per heavy atom. The summed E-state index contributed by atoms with van der Waals surface area (Å²) in [5.41, 5.74) is 4.13. The number of nitrogens with zero attached hydrogens (tertiary/aromatic N) is 4. The molecule has 2 heterocycles. The quantitative estimate of drug-likeness (QED) is 0.284. The highest BCUT2D eigenvalue weighted by molar-refractivity contribution is 7.15. The van der Waals surface area contributed by atoms with Crippen molar-refractivity contribution in [1.29, 1.82) is 0 Å². The van der Waals surface area contributed by atoms with E-state index in [0.717, 1.165) is 27.3 Å². The number of carbonyl (C=O) groups is 1. The van der Waals surface area contributed by atoms with Gasteiger partial charge in [-0.05, 0) is 67.8 Å². The van der Waals surface area contributed by atoms with Crippen LogP contribution in [0.4, 0.5) is 0 Å². The van der Waals surface area contributed by atoms with Crippen LogP contribution in [0.1, 0.15) is 42.8 Å². The lowest BCUT2D eigenvalue weighted by Crippen LogP contribution is -2.26. The van der Waals surface area contributed by atoms with E-state index in [1.807, 2.05) is 50.2 Å². The Morgan fingerprint density at radius 1 is 1.08 bits per heavy atom. The van der Waals surface area contributed by atoms with Crippen LogP contribution in [0.3, 0.4) is 0 Å². The van der Waals surface area contributed by atoms with Gasteiger partial charge in [-0.3, -0.25) is 0 Å². The lowest BCUT2D eigenvalue weighted by Gasteiger charge is -2.13. The van der Waals surface area contributed by atoms with Gasteiger partial charge in [-0.2, -0.15) is 4.80 Å². The first kappa shape index (κ1) is 25.5. The molecular formula is C27H30N4O4S. The number of benzene rings is 2. The number of rotatable bonds is 11. The van der Waals surface area contributed by atoms with E-state index in [4.69, 9.17) is 9.47 Å². The number of carboxylic acid groups (broad SMARTS) is 1. The van der Waals surface area contributed by atoms with Crippen LogP contribution >= 0.6 is 11.3 Å². The Morgan fingerprint density at radius 2 is 1.78 bits per heavy atom. The fraction of sp³-hybridized carbons (Fsp3) is 0.333. The van der Waals surface area contributed by atoms with Gasteiger partial charge in [0.15, 0.2) is 6.10 Å². The van der Waals surface area contributed by atoms with Gasteiger partial charge in [-0.1, -0.05) is 36.4 Å². The van der Waals surface area contributed by atoms with Crippen LogP contribution in [0.5, 0.6) is 5.75 Å². The summed E-state index contributed by atoms with van der Waals surface area (Å²) in [7, 11) is 0. The van der Waals surface area contributed by atoms with Crippen molar-refractivity contribution in [2.24, 2.45) is 0 Å². The van der Waals surface area contributed by atoms with Gasteiger partial charge in [-0.15, -0.1) is 21.5 Å². The minimum absolute atomic E-state index is 0.169. The van der Waals surface area contributed by atoms with Crippen molar-refractivity contribution >= 4 is 17.3 Å². The van der Waals surface area contributed by atoms with Gasteiger partial charge in [0.25, 0.3) is 0 Å². The largest absolute Gasteiger partial charge is 0.488 e. The monoisotopic (exact) mass is 506 g/mol. The molecule has 1 atom stereocenters. The molecule has 0 amide bonds. The van der Waals surface area contributed by atoms with Gasteiger partial charge in [0, 0.05) is 28.3 Å². The molecule has 188 valence electrons. The fourth-order valence-corrected chi connectivity index (χ4v) is 4.74. The summed E-state index contributed by atoms with van der Waals surface area (Å²) >= 11 is 1.71. The van der Waals surface area contributed by atoms with E-state index in [9.17, 15) is 9.90 Å². The van der Waals surface area contributed by atoms with E-state index in [1.54, 1.807) is 23.1 Å². The van der Waals surface area contributed by atoms with Gasteiger partial charge < -0.3 is 14.6 Å². The van der Waals surface area contributed by atoms with Gasteiger partial charge >= 0.3 is 5.97 Å². The molecule has 0 aliphatic carbocycles. The number of carboxylic acids is 1. The van der Waals surface area contributed by atoms with Crippen LogP contribution in [0.25, 0.3) is 21.8 Å². The van der Waals surface area contributed by atoms with E-state index in [1.165, 1.54) is 10.4 Å². The lowest BCUT2D eigenvalue weighted by atomic mass is 10.1. The second-order valence-electron chi connectivity index (χ2n) is 8.74. The maximum atomic E-state index is 11.3. The fourth-order valence-electron chi connectivity index (χ4n) is 3.65. The highest BCUT2D eigenvalue weighted by Crippen LogP contribution is 2.33. The SMILES string of the molecule is CCO[C@@H](Cc1ccc(OCc2sc(-c3ccc(-c4nnn(C(C)C)n4)cc3)cc2C)cc1)C(=O)O. The molecule has 0 aliphatic rings. The highest BCUT2D eigenvalue weighted by atomic mass is 32.1. The normalized spacial score (nSPS) is 12.1. The van der Waals surface area contributed by atoms with Crippen molar-refractivity contribution in [2.45, 2.75) is 52.9 Å². The Labute approximate surface area is 214 Å². The van der Waals surface area contributed by atoms with E-state index in [2.05, 4.69) is 40.5 Å². The molecule has 8 nitrogen and oxygen atoms in total. The summed E-state index contributed by atoms with van der Waals surface area (Å²) in [6.45, 7) is 8.74. The smallest absolute Gasteiger partial charge is 0.333 e. The standard InChI is InChI=1S/C27H30N4O4S/c1-5-34-23(27(32)33)15-19-6-12-22(13-7-19)35-16-25-18(4)14-24(36-25)20-8-10-21(11-9-20)26-28-30-31(29-26)17(2)3/h6-14,17,23H,5,15-16H2,1-4H3,(H,32,33)/t23-/m0/s1. The zero-order valence-electron chi connectivity index (χ0n) is 20.8. The Bertz CT molecular complexity index is 1300. The maximum Gasteiger partial charge on any atom is 0.333 e. The number of thiophene rings is 1. The van der Waals surface area contributed by atoms with E-state index < -0.39 is 12.1 Å². The molecule has 4 rings (SSSR count). The summed E-state index contributed by atoms with van der Waals surface area (Å²) in [6.07, 6.45) is -0.518. The van der Waals surface area contributed by atoms with Crippen LogP contribution in [0.15, 0.2) is 54.6 Å². The van der Waals surface area contributed by atoms with Crippen LogP contribution < -0.4 is 4.74 Å². The average molecular weight is 507 g/mol. The van der Waals surface area contributed by atoms with E-state index >= 15 is 0 Å². The molecule has 36 heavy (non-hydrogen) atoms. The van der Waals surface area contributed by atoms with Crippen LogP contribution in [0.2, 0.25) is 0 Å². The zero-order chi connectivity index (χ0) is 25.7. The first-order valence-corrected chi connectivity index (χ1v) is 12.7. The zero-order valence-corrected chi connectivity index (χ0v) is 21.7. The molecular weight excluding hydrogens is 476 g/mol. The summed E-state index contributed by atoms with van der Waals surface area (Å²) in [6, 6.07) is 18.0. The summed E-state index contributed by atoms with van der Waals surface area (Å²) in [5.74, 6) is 0.406. The van der Waals surface area contributed by atoms with E-state index in [0.29, 0.717) is 25.5 Å². The Balaban J connectivity index is 1.38. The molecule has 0 fully saturated rings. The molecule has 1 N–H and O–H groups in total. The third kappa shape index (κ3) is 6.16. The minimum Gasteiger partial charge on any atom is -0.488 e. The topological polar surface area (TPSA) is 99.4 Å². The van der Waals surface area contributed by atoms with Crippen LogP contribution in [0, 0.1) is 6.92 Å². The predicted molar refractivity (Wildman–Crippen MR) is 139 cm³/mol. The van der Waals surface area contributed by atoms with Gasteiger partial charge in [-0.25, -0.2) is 4.79 Å². The van der Waals surface area contributed by atoms with E-state index in [-0.39, 0.29) is 6.04 Å². The molecule has 0 aliphatic heterocycles. The summed E-state index contributed by atoms with van der Waals surface area (Å²) in [4.78, 5) is 15.2. The van der Waals surface area contributed by atoms with Crippen molar-refractivity contribution in [3.8, 4) is 27.6 Å². The van der Waals surface area contributed by atoms with Crippen molar-refractivity contribution in [3.05, 3.63) is 70.6 Å². The van der Waals surface area contributed by atoms with Crippen molar-refractivity contribution in [2.75, 3.05) is 6.61 Å². The predicted octanol–water partition coefficient (Wildman–Crippen LogP) is 5.57. The van der Waals surface area contributed by atoms with Gasteiger partial charge in [0.05, 0.1) is 6.04 Å². The number of aryl methyl sites for hydroxylation is 1. The molecule has 0 radical (unpaired) electrons. The minimum atomic E-state index is -0.952. The van der Waals surface area contributed by atoms with Gasteiger partial charge in [0.1, 0.15) is 12.4 Å². The molecule has 4 aromatic rings. The average Bonchev–Trinajstić information content (AvgIpc) is 3.51. The van der Waals surface area contributed by atoms with Crippen molar-refractivity contribution in [1.82, 2.24) is 20.2 Å². The summed E-state index contributed by atoms with van der Waals surface area (Å²) in [5, 5.41) is 22.0. The number of hydrogen-bond acceptors (Lipinski definition) is 7. The number of tetrazole rings is 1. The molecule has 0 bridgehead atoms. The van der Waals surface area contributed by atoms with Crippen LogP contribution in [-0.2, 0) is 22.6 Å². The highest BCUT2D eigenvalue weighted by Gasteiger charge is 2.18. The second kappa shape index (κ2) is 11.5. The molecule has 0 unspecified atom stereocenters. The van der Waals surface area contributed by atoms with Crippen molar-refractivity contribution < 1.29 is 19.4 Å². The maximum absolute atomic E-state index is 11.3. The molecule has 0 spiro atoms. The summed E-state index contributed by atoms with van der Waals surface area (Å²) < 4.78 is 11.3. The molecule has 0 saturated carbocycles. The third-order valence-electron chi connectivity index (χ3n) is 5.70. The number of ether oxygens (including phenoxy) is 2. The first-order valence-electron chi connectivity index (χ1n) is 11.9. The van der Waals surface area contributed by atoms with Gasteiger partial charge in [0.2, 0.25) is 5.82 Å². The first-order chi connectivity index (χ1) is 17.3. The number of hydrogen-bond donors (Lipinski definition) is 1. The molecule has 9 heteroatoms. The molecule has 2 aromatic carbocycles. The lowest BCUT2D eigenvalue weighted by molar-refractivity contribution is -0.149. The van der Waals surface area contributed by atoms with Crippen LogP contribution in [-0.4, -0.2) is 44.0 Å². The Hall–Kier alpha value is -3.56. The third-order valence-corrected chi connectivity index (χ3v) is 6.96. The van der Waals surface area contributed by atoms with Crippen molar-refractivity contribution in [3.63, 3.8) is 0 Å². The molecule has 0 saturated heterocycles. The number of aliphatic carboxylic acids is 1. The molecule has 2 aromatic heterocycles. The Kier molecular flexibility index (Phi) is 8.12. The number of aromatic nitrogens is 4.